The van der Waals surface area contributed by atoms with Gasteiger partial charge in [-0.05, 0) is 57.4 Å². The maximum absolute atomic E-state index is 13.3. The minimum Gasteiger partial charge on any atom is -0.352 e. The van der Waals surface area contributed by atoms with E-state index in [1.807, 2.05) is 45.9 Å². The van der Waals surface area contributed by atoms with Gasteiger partial charge in [-0.15, -0.1) is 0 Å². The molecule has 0 aliphatic rings. The zero-order valence-electron chi connectivity index (χ0n) is 18.3. The Kier molecular flexibility index (Phi) is 8.75. The highest BCUT2D eigenvalue weighted by Gasteiger charge is 2.27. The Balaban J connectivity index is 2.29. The van der Waals surface area contributed by atoms with E-state index in [-0.39, 0.29) is 30.8 Å². The van der Waals surface area contributed by atoms with Crippen molar-refractivity contribution in [3.05, 3.63) is 68.7 Å². The molecule has 0 radical (unpaired) electrons. The summed E-state index contributed by atoms with van der Waals surface area (Å²) in [4.78, 5) is 27.7. The van der Waals surface area contributed by atoms with E-state index in [0.717, 1.165) is 28.7 Å². The summed E-state index contributed by atoms with van der Waals surface area (Å²) in [5.41, 5.74) is 3.97. The van der Waals surface area contributed by atoms with E-state index in [0.29, 0.717) is 10.0 Å². The second-order valence-corrected chi connectivity index (χ2v) is 8.75. The standard InChI is InChI=1S/C24H30Cl2N2O2/c1-6-17(4)27-24(30)18(5)28(14-19-7-8-21(25)22(26)12-19)23(29)13-20-10-15(2)9-16(3)11-20/h7-12,17-18H,6,13-14H2,1-5H3,(H,27,30)/t17-,18+/m0/s1. The van der Waals surface area contributed by atoms with Crippen molar-refractivity contribution in [2.75, 3.05) is 0 Å². The maximum atomic E-state index is 13.3. The molecule has 0 aromatic heterocycles. The van der Waals surface area contributed by atoms with Gasteiger partial charge in [0.1, 0.15) is 6.04 Å². The molecule has 0 saturated carbocycles. The number of halogens is 2. The van der Waals surface area contributed by atoms with Crippen LogP contribution in [0.25, 0.3) is 0 Å². The van der Waals surface area contributed by atoms with Gasteiger partial charge in [-0.1, -0.05) is 65.5 Å². The van der Waals surface area contributed by atoms with Crippen LogP contribution in [0.1, 0.15) is 49.4 Å². The van der Waals surface area contributed by atoms with Crippen LogP contribution in [0.4, 0.5) is 0 Å². The number of benzene rings is 2. The first-order valence-corrected chi connectivity index (χ1v) is 11.0. The molecule has 0 aliphatic carbocycles. The number of rotatable bonds is 8. The Bertz CT molecular complexity index is 894. The average Bonchev–Trinajstić information content (AvgIpc) is 2.67. The molecule has 6 heteroatoms. The molecule has 2 atom stereocenters. The monoisotopic (exact) mass is 448 g/mol. The van der Waals surface area contributed by atoms with Gasteiger partial charge in [0.2, 0.25) is 11.8 Å². The Morgan fingerprint density at radius 3 is 2.17 bits per heavy atom. The van der Waals surface area contributed by atoms with E-state index in [1.54, 1.807) is 24.0 Å². The molecule has 2 amide bonds. The number of amides is 2. The summed E-state index contributed by atoms with van der Waals surface area (Å²) in [5, 5.41) is 3.85. The van der Waals surface area contributed by atoms with Crippen LogP contribution in [0, 0.1) is 13.8 Å². The van der Waals surface area contributed by atoms with Crippen LogP contribution >= 0.6 is 23.2 Å². The molecule has 2 rings (SSSR count). The SMILES string of the molecule is CC[C@H](C)NC(=O)[C@@H](C)N(Cc1ccc(Cl)c(Cl)c1)C(=O)Cc1cc(C)cc(C)c1. The number of carbonyl (C=O) groups is 2. The van der Waals surface area contributed by atoms with Crippen molar-refractivity contribution in [3.63, 3.8) is 0 Å². The van der Waals surface area contributed by atoms with Crippen LogP contribution in [-0.4, -0.2) is 28.8 Å². The van der Waals surface area contributed by atoms with Crippen LogP contribution < -0.4 is 5.32 Å². The van der Waals surface area contributed by atoms with E-state index in [4.69, 9.17) is 23.2 Å². The fraction of sp³-hybridized carbons (Fsp3) is 0.417. The number of hydrogen-bond acceptors (Lipinski definition) is 2. The minimum atomic E-state index is -0.619. The predicted octanol–water partition coefficient (Wildman–Crippen LogP) is 5.48. The van der Waals surface area contributed by atoms with E-state index in [9.17, 15) is 9.59 Å². The van der Waals surface area contributed by atoms with Gasteiger partial charge in [0.25, 0.3) is 0 Å². The number of carbonyl (C=O) groups excluding carboxylic acids is 2. The van der Waals surface area contributed by atoms with Crippen molar-refractivity contribution < 1.29 is 9.59 Å². The lowest BCUT2D eigenvalue weighted by Crippen LogP contribution is -2.49. The van der Waals surface area contributed by atoms with Crippen LogP contribution in [-0.2, 0) is 22.6 Å². The van der Waals surface area contributed by atoms with Crippen molar-refractivity contribution in [2.45, 2.75) is 66.1 Å². The normalized spacial score (nSPS) is 12.9. The third-order valence-corrected chi connectivity index (χ3v) is 5.88. The minimum absolute atomic E-state index is 0.0429. The van der Waals surface area contributed by atoms with Crippen molar-refractivity contribution in [1.82, 2.24) is 10.2 Å². The Hall–Kier alpha value is -2.04. The summed E-state index contributed by atoms with van der Waals surface area (Å²) >= 11 is 12.2. The molecule has 0 aliphatic heterocycles. The molecule has 0 spiro atoms. The Morgan fingerprint density at radius 2 is 1.60 bits per heavy atom. The number of nitrogens with zero attached hydrogens (tertiary/aromatic N) is 1. The molecule has 0 bridgehead atoms. The number of aryl methyl sites for hydroxylation is 2. The molecule has 0 unspecified atom stereocenters. The molecule has 30 heavy (non-hydrogen) atoms. The fourth-order valence-electron chi connectivity index (χ4n) is 3.33. The predicted molar refractivity (Wildman–Crippen MR) is 124 cm³/mol. The van der Waals surface area contributed by atoms with Crippen molar-refractivity contribution in [3.8, 4) is 0 Å². The van der Waals surface area contributed by atoms with Gasteiger partial charge < -0.3 is 10.2 Å². The van der Waals surface area contributed by atoms with Crippen LogP contribution in [0.5, 0.6) is 0 Å². The zero-order valence-corrected chi connectivity index (χ0v) is 19.8. The summed E-state index contributed by atoms with van der Waals surface area (Å²) in [6, 6.07) is 10.8. The summed E-state index contributed by atoms with van der Waals surface area (Å²) in [6.45, 7) is 10.0. The molecule has 2 aromatic rings. The van der Waals surface area contributed by atoms with Crippen molar-refractivity contribution in [2.24, 2.45) is 0 Å². The summed E-state index contributed by atoms with van der Waals surface area (Å²) in [5.74, 6) is -0.281. The van der Waals surface area contributed by atoms with Crippen LogP contribution in [0.15, 0.2) is 36.4 Å². The quantitative estimate of drug-likeness (QED) is 0.580. The highest BCUT2D eigenvalue weighted by atomic mass is 35.5. The van der Waals surface area contributed by atoms with Gasteiger partial charge in [0, 0.05) is 12.6 Å². The molecule has 1 N–H and O–H groups in total. The fourth-order valence-corrected chi connectivity index (χ4v) is 3.65. The molecular weight excluding hydrogens is 419 g/mol. The number of nitrogens with one attached hydrogen (secondary N) is 1. The van der Waals surface area contributed by atoms with Gasteiger partial charge in [0.05, 0.1) is 16.5 Å². The van der Waals surface area contributed by atoms with Crippen molar-refractivity contribution in [1.29, 1.82) is 0 Å². The molecule has 0 saturated heterocycles. The summed E-state index contributed by atoms with van der Waals surface area (Å²) in [7, 11) is 0. The third-order valence-electron chi connectivity index (χ3n) is 5.14. The second-order valence-electron chi connectivity index (χ2n) is 7.94. The van der Waals surface area contributed by atoms with Gasteiger partial charge in [0.15, 0.2) is 0 Å². The maximum Gasteiger partial charge on any atom is 0.242 e. The molecule has 0 heterocycles. The van der Waals surface area contributed by atoms with Gasteiger partial charge in [-0.2, -0.15) is 0 Å². The first-order chi connectivity index (χ1) is 14.1. The highest BCUT2D eigenvalue weighted by Crippen LogP contribution is 2.24. The zero-order chi connectivity index (χ0) is 22.4. The van der Waals surface area contributed by atoms with Crippen LogP contribution in [0.2, 0.25) is 10.0 Å². The van der Waals surface area contributed by atoms with E-state index in [1.165, 1.54) is 0 Å². The lowest BCUT2D eigenvalue weighted by molar-refractivity contribution is -0.140. The summed E-state index contributed by atoms with van der Waals surface area (Å²) < 4.78 is 0. The smallest absolute Gasteiger partial charge is 0.242 e. The van der Waals surface area contributed by atoms with Crippen molar-refractivity contribution >= 4 is 35.0 Å². The third kappa shape index (κ3) is 6.75. The molecule has 4 nitrogen and oxygen atoms in total. The summed E-state index contributed by atoms with van der Waals surface area (Å²) in [6.07, 6.45) is 1.05. The Morgan fingerprint density at radius 1 is 0.967 bits per heavy atom. The topological polar surface area (TPSA) is 49.4 Å². The lowest BCUT2D eigenvalue weighted by atomic mass is 10.0. The van der Waals surface area contributed by atoms with Gasteiger partial charge in [-0.3, -0.25) is 9.59 Å². The first-order valence-electron chi connectivity index (χ1n) is 10.2. The molecule has 162 valence electrons. The molecule has 2 aromatic carbocycles. The van der Waals surface area contributed by atoms with Crippen LogP contribution in [0.3, 0.4) is 0 Å². The van der Waals surface area contributed by atoms with Gasteiger partial charge in [-0.25, -0.2) is 0 Å². The van der Waals surface area contributed by atoms with E-state index >= 15 is 0 Å². The van der Waals surface area contributed by atoms with E-state index < -0.39 is 6.04 Å². The van der Waals surface area contributed by atoms with E-state index in [2.05, 4.69) is 11.4 Å². The lowest BCUT2D eigenvalue weighted by Gasteiger charge is -2.30. The Labute approximate surface area is 189 Å². The van der Waals surface area contributed by atoms with Gasteiger partial charge >= 0.3 is 0 Å². The highest BCUT2D eigenvalue weighted by molar-refractivity contribution is 6.42. The molecule has 0 fully saturated rings. The second kappa shape index (κ2) is 10.8. The average molecular weight is 449 g/mol. The molecular formula is C24H30Cl2N2O2. The number of hydrogen-bond donors (Lipinski definition) is 1. The largest absolute Gasteiger partial charge is 0.352 e. The first kappa shape index (κ1) is 24.2.